The van der Waals surface area contributed by atoms with Gasteiger partial charge in [-0.15, -0.1) is 0 Å². The number of ether oxygens (including phenoxy) is 1. The number of carbonyl (C=O) groups is 1. The van der Waals surface area contributed by atoms with E-state index >= 15 is 0 Å². The van der Waals surface area contributed by atoms with Gasteiger partial charge in [0, 0.05) is 5.57 Å². The van der Waals surface area contributed by atoms with Crippen LogP contribution in [0.1, 0.15) is 13.8 Å². The van der Waals surface area contributed by atoms with Crippen molar-refractivity contribution in [3.63, 3.8) is 0 Å². The van der Waals surface area contributed by atoms with E-state index in [2.05, 4.69) is 4.40 Å². The summed E-state index contributed by atoms with van der Waals surface area (Å²) in [4.78, 5) is 11.6. The summed E-state index contributed by atoms with van der Waals surface area (Å²) in [6.07, 6.45) is 2.75. The van der Waals surface area contributed by atoms with Crippen molar-refractivity contribution in [2.45, 2.75) is 18.7 Å². The van der Waals surface area contributed by atoms with Crippen molar-refractivity contribution in [1.29, 1.82) is 0 Å². The molecule has 0 bridgehead atoms. The average molecular weight is 305 g/mol. The van der Waals surface area contributed by atoms with Gasteiger partial charge in [0.25, 0.3) is 10.0 Å². The van der Waals surface area contributed by atoms with Crippen LogP contribution in [0.3, 0.4) is 0 Å². The highest BCUT2D eigenvalue weighted by atomic mass is 32.2. The maximum Gasteiger partial charge on any atom is 0.282 e. The number of benzene rings is 1. The first-order chi connectivity index (χ1) is 9.85. The molecule has 21 heavy (non-hydrogen) atoms. The molecular weight excluding hydrogens is 290 g/mol. The molecule has 0 amide bonds. The summed E-state index contributed by atoms with van der Waals surface area (Å²) in [6.45, 7) is 3.33. The molecule has 0 radical (unpaired) electrons. The number of sulfonamides is 1. The van der Waals surface area contributed by atoms with Crippen molar-refractivity contribution in [1.82, 2.24) is 0 Å². The second-order valence-electron chi connectivity index (χ2n) is 4.57. The fourth-order valence-corrected chi connectivity index (χ4v) is 2.85. The number of hydrogen-bond donors (Lipinski definition) is 0. The topological polar surface area (TPSA) is 72.8 Å². The molecular formula is C15H15NO4S. The molecule has 110 valence electrons. The lowest BCUT2D eigenvalue weighted by Crippen LogP contribution is -2.13. The molecule has 0 unspecified atom stereocenters. The summed E-state index contributed by atoms with van der Waals surface area (Å²) in [5, 5.41) is 0. The molecule has 1 aliphatic rings. The fourth-order valence-electron chi connectivity index (χ4n) is 1.81. The van der Waals surface area contributed by atoms with Crippen molar-refractivity contribution in [2.75, 3.05) is 7.11 Å². The summed E-state index contributed by atoms with van der Waals surface area (Å²) in [6, 6.07) is 5.98. The molecule has 0 N–H and O–H groups in total. The zero-order valence-corrected chi connectivity index (χ0v) is 12.8. The molecule has 1 aliphatic carbocycles. The quantitative estimate of drug-likeness (QED) is 0.803. The zero-order chi connectivity index (χ0) is 15.6. The summed E-state index contributed by atoms with van der Waals surface area (Å²) in [5.41, 5.74) is 1.35. The number of nitrogens with zero attached hydrogens (tertiary/aromatic N) is 1. The third-order valence-electron chi connectivity index (χ3n) is 3.28. The van der Waals surface area contributed by atoms with E-state index < -0.39 is 10.0 Å². The van der Waals surface area contributed by atoms with E-state index in [-0.39, 0.29) is 16.4 Å². The van der Waals surface area contributed by atoms with Crippen LogP contribution in [-0.4, -0.2) is 27.0 Å². The first-order valence-electron chi connectivity index (χ1n) is 6.24. The summed E-state index contributed by atoms with van der Waals surface area (Å²) in [5.74, 6) is 0.435. The van der Waals surface area contributed by atoms with Gasteiger partial charge in [-0.2, -0.15) is 12.8 Å². The number of rotatable bonds is 3. The monoisotopic (exact) mass is 305 g/mol. The molecule has 0 fully saturated rings. The van der Waals surface area contributed by atoms with Crippen LogP contribution in [0, 0.1) is 0 Å². The van der Waals surface area contributed by atoms with Crippen LogP contribution in [0.25, 0.3) is 0 Å². The van der Waals surface area contributed by atoms with Gasteiger partial charge in [-0.25, -0.2) is 0 Å². The minimum atomic E-state index is -3.82. The Morgan fingerprint density at radius 1 is 1.00 bits per heavy atom. The van der Waals surface area contributed by atoms with E-state index in [1.54, 1.807) is 26.0 Å². The summed E-state index contributed by atoms with van der Waals surface area (Å²) < 4.78 is 33.3. The largest absolute Gasteiger partial charge is 0.497 e. The predicted molar refractivity (Wildman–Crippen MR) is 80.1 cm³/mol. The molecule has 0 spiro atoms. The van der Waals surface area contributed by atoms with Crippen molar-refractivity contribution in [3.05, 3.63) is 47.6 Å². The van der Waals surface area contributed by atoms with E-state index in [1.165, 1.54) is 31.4 Å². The van der Waals surface area contributed by atoms with Gasteiger partial charge in [0.15, 0.2) is 5.78 Å². The average Bonchev–Trinajstić information content (AvgIpc) is 2.48. The number of hydrogen-bond acceptors (Lipinski definition) is 4. The van der Waals surface area contributed by atoms with Crippen LogP contribution in [0.2, 0.25) is 0 Å². The predicted octanol–water partition coefficient (Wildman–Crippen LogP) is 2.30. The zero-order valence-electron chi connectivity index (χ0n) is 12.0. The lowest BCUT2D eigenvalue weighted by molar-refractivity contribution is -0.111. The molecule has 6 heteroatoms. The normalized spacial score (nSPS) is 17.5. The maximum atomic E-state index is 12.3. The maximum absolute atomic E-state index is 12.3. The molecule has 0 atom stereocenters. The lowest BCUT2D eigenvalue weighted by Gasteiger charge is -2.10. The summed E-state index contributed by atoms with van der Waals surface area (Å²) >= 11 is 0. The molecule has 0 aromatic heterocycles. The third-order valence-corrected chi connectivity index (χ3v) is 4.59. The number of ketones is 1. The van der Waals surface area contributed by atoms with Crippen LogP contribution < -0.4 is 4.74 Å². The number of methoxy groups -OCH3 is 1. The Balaban J connectivity index is 2.43. The first kappa shape index (κ1) is 15.2. The number of allylic oxidation sites excluding steroid dienone is 4. The van der Waals surface area contributed by atoms with E-state index in [1.807, 2.05) is 0 Å². The van der Waals surface area contributed by atoms with Crippen LogP contribution in [-0.2, 0) is 14.8 Å². The SMILES string of the molecule is COc1ccc(S(=O)(=O)/N=C2/C=CC(=O)C(C)=C2C)cc1. The minimum absolute atomic E-state index is 0.0755. The Morgan fingerprint density at radius 3 is 2.19 bits per heavy atom. The molecule has 0 heterocycles. The Morgan fingerprint density at radius 2 is 1.62 bits per heavy atom. The molecule has 2 rings (SSSR count). The highest BCUT2D eigenvalue weighted by Crippen LogP contribution is 2.20. The first-order valence-corrected chi connectivity index (χ1v) is 7.68. The van der Waals surface area contributed by atoms with Gasteiger partial charge in [0.2, 0.25) is 0 Å². The second kappa shape index (κ2) is 5.65. The Hall–Kier alpha value is -2.21. The second-order valence-corrected chi connectivity index (χ2v) is 6.18. The molecule has 1 aromatic carbocycles. The van der Waals surface area contributed by atoms with Crippen molar-refractivity contribution in [2.24, 2.45) is 4.40 Å². The standard InChI is InChI=1S/C15H15NO4S/c1-10-11(2)15(17)9-8-14(10)16-21(18,19)13-6-4-12(20-3)5-7-13/h4-9H,1-3H3/b16-14-. The van der Waals surface area contributed by atoms with Crippen molar-refractivity contribution in [3.8, 4) is 5.75 Å². The minimum Gasteiger partial charge on any atom is -0.497 e. The van der Waals surface area contributed by atoms with Crippen LogP contribution in [0.5, 0.6) is 5.75 Å². The van der Waals surface area contributed by atoms with Gasteiger partial charge in [-0.3, -0.25) is 4.79 Å². The van der Waals surface area contributed by atoms with Crippen molar-refractivity contribution < 1.29 is 17.9 Å². The van der Waals surface area contributed by atoms with E-state index in [0.717, 1.165) is 0 Å². The summed E-state index contributed by atoms with van der Waals surface area (Å²) in [7, 11) is -2.32. The van der Waals surface area contributed by atoms with Gasteiger partial charge in [-0.1, -0.05) is 0 Å². The van der Waals surface area contributed by atoms with Crippen LogP contribution >= 0.6 is 0 Å². The lowest BCUT2D eigenvalue weighted by atomic mass is 9.97. The smallest absolute Gasteiger partial charge is 0.282 e. The van der Waals surface area contributed by atoms with E-state index in [4.69, 9.17) is 4.74 Å². The van der Waals surface area contributed by atoms with Crippen molar-refractivity contribution >= 4 is 21.5 Å². The highest BCUT2D eigenvalue weighted by Gasteiger charge is 2.19. The van der Waals surface area contributed by atoms with Gasteiger partial charge in [0.1, 0.15) is 5.75 Å². The third kappa shape index (κ3) is 3.11. The Kier molecular flexibility index (Phi) is 4.09. The highest BCUT2D eigenvalue weighted by molar-refractivity contribution is 7.90. The molecule has 0 aliphatic heterocycles. The Bertz CT molecular complexity index is 768. The fraction of sp³-hybridized carbons (Fsp3) is 0.200. The molecule has 5 nitrogen and oxygen atoms in total. The van der Waals surface area contributed by atoms with Gasteiger partial charge in [0.05, 0.1) is 17.7 Å². The Labute approximate surface area is 123 Å². The molecule has 0 saturated heterocycles. The molecule has 1 aromatic rings. The van der Waals surface area contributed by atoms with Gasteiger partial charge < -0.3 is 4.74 Å². The van der Waals surface area contributed by atoms with Crippen LogP contribution in [0.15, 0.2) is 56.9 Å². The van der Waals surface area contributed by atoms with E-state index in [0.29, 0.717) is 16.9 Å². The van der Waals surface area contributed by atoms with Gasteiger partial charge >= 0.3 is 0 Å². The number of carbonyl (C=O) groups excluding carboxylic acids is 1. The van der Waals surface area contributed by atoms with Gasteiger partial charge in [-0.05, 0) is 55.8 Å². The van der Waals surface area contributed by atoms with E-state index in [9.17, 15) is 13.2 Å². The molecule has 0 saturated carbocycles. The van der Waals surface area contributed by atoms with Crippen LogP contribution in [0.4, 0.5) is 0 Å².